The van der Waals surface area contributed by atoms with Gasteiger partial charge < -0.3 is 11.1 Å². The summed E-state index contributed by atoms with van der Waals surface area (Å²) in [6.45, 7) is 5.90. The van der Waals surface area contributed by atoms with Crippen molar-refractivity contribution in [3.63, 3.8) is 0 Å². The largest absolute Gasteiger partial charge is 0.399 e. The molecule has 1 aromatic rings. The molecule has 106 valence electrons. The van der Waals surface area contributed by atoms with E-state index >= 15 is 0 Å². The molecule has 0 fully saturated rings. The molecular weight excluding hydrogens is 260 g/mol. The quantitative estimate of drug-likeness (QED) is 0.784. The molecule has 0 saturated carbocycles. The van der Waals surface area contributed by atoms with Crippen LogP contribution in [0.1, 0.15) is 32.3 Å². The van der Waals surface area contributed by atoms with Crippen molar-refractivity contribution in [3.8, 4) is 0 Å². The lowest BCUT2D eigenvalue weighted by atomic mass is 10.2. The molecule has 0 heterocycles. The van der Waals surface area contributed by atoms with Crippen LogP contribution in [0.15, 0.2) is 23.1 Å². The van der Waals surface area contributed by atoms with Crippen molar-refractivity contribution in [2.75, 3.05) is 11.5 Å². The third-order valence-electron chi connectivity index (χ3n) is 3.06. The predicted octanol–water partition coefficient (Wildman–Crippen LogP) is 1.99. The summed E-state index contributed by atoms with van der Waals surface area (Å²) in [4.78, 5) is 12.5. The van der Waals surface area contributed by atoms with Gasteiger partial charge >= 0.3 is 0 Å². The third kappa shape index (κ3) is 4.67. The van der Waals surface area contributed by atoms with Gasteiger partial charge in [-0.2, -0.15) is 0 Å². The summed E-state index contributed by atoms with van der Waals surface area (Å²) < 4.78 is 12.2. The highest BCUT2D eigenvalue weighted by atomic mass is 32.2. The van der Waals surface area contributed by atoms with Crippen molar-refractivity contribution in [2.45, 2.75) is 44.6 Å². The Hall–Kier alpha value is -1.36. The average molecular weight is 282 g/mol. The van der Waals surface area contributed by atoms with Crippen LogP contribution in [-0.2, 0) is 15.6 Å². The van der Waals surface area contributed by atoms with Gasteiger partial charge in [0.1, 0.15) is 5.75 Å². The van der Waals surface area contributed by atoms with Crippen LogP contribution in [0.5, 0.6) is 0 Å². The van der Waals surface area contributed by atoms with Crippen LogP contribution in [0.25, 0.3) is 0 Å². The van der Waals surface area contributed by atoms with E-state index in [2.05, 4.69) is 5.32 Å². The molecule has 19 heavy (non-hydrogen) atoms. The molecule has 0 radical (unpaired) electrons. The number of aryl methyl sites for hydroxylation is 1. The van der Waals surface area contributed by atoms with Gasteiger partial charge in [0.2, 0.25) is 5.91 Å². The fraction of sp³-hybridized carbons (Fsp3) is 0.500. The summed E-state index contributed by atoms with van der Waals surface area (Å²) in [6, 6.07) is 5.37. The van der Waals surface area contributed by atoms with Crippen molar-refractivity contribution in [3.05, 3.63) is 23.8 Å². The van der Waals surface area contributed by atoms with Crippen LogP contribution >= 0.6 is 0 Å². The highest BCUT2D eigenvalue weighted by Gasteiger charge is 2.14. The summed E-state index contributed by atoms with van der Waals surface area (Å²) in [5.41, 5.74) is 7.15. The number of nitrogen functional groups attached to an aromatic ring is 1. The zero-order chi connectivity index (χ0) is 14.4. The summed E-state index contributed by atoms with van der Waals surface area (Å²) in [6.07, 6.45) is 1.77. The molecule has 4 nitrogen and oxygen atoms in total. The molecule has 0 aliphatic heterocycles. The highest BCUT2D eigenvalue weighted by Crippen LogP contribution is 2.16. The molecule has 0 aliphatic rings. The average Bonchev–Trinajstić information content (AvgIpc) is 2.35. The number of rotatable bonds is 6. The van der Waals surface area contributed by atoms with Crippen molar-refractivity contribution in [1.29, 1.82) is 0 Å². The Bertz CT molecular complexity index is 471. The predicted molar refractivity (Wildman–Crippen MR) is 79.4 cm³/mol. The van der Waals surface area contributed by atoms with Crippen LogP contribution in [0.4, 0.5) is 5.69 Å². The van der Waals surface area contributed by atoms with Gasteiger partial charge in [-0.1, -0.05) is 13.8 Å². The number of nitrogens with one attached hydrogen (secondary N) is 1. The molecule has 1 atom stereocenters. The van der Waals surface area contributed by atoms with Crippen molar-refractivity contribution >= 4 is 22.4 Å². The van der Waals surface area contributed by atoms with Crippen LogP contribution in [0.2, 0.25) is 0 Å². The van der Waals surface area contributed by atoms with E-state index in [0.29, 0.717) is 10.6 Å². The molecule has 1 unspecified atom stereocenters. The van der Waals surface area contributed by atoms with Gasteiger partial charge in [0.25, 0.3) is 0 Å². The fourth-order valence-corrected chi connectivity index (χ4v) is 3.00. The Kier molecular flexibility index (Phi) is 6.02. The van der Waals surface area contributed by atoms with E-state index in [-0.39, 0.29) is 17.7 Å². The zero-order valence-corrected chi connectivity index (χ0v) is 12.5. The van der Waals surface area contributed by atoms with Gasteiger partial charge in [-0.05, 0) is 43.5 Å². The van der Waals surface area contributed by atoms with Crippen LogP contribution in [-0.4, -0.2) is 21.9 Å². The van der Waals surface area contributed by atoms with Gasteiger partial charge in [0.05, 0.1) is 10.8 Å². The molecule has 0 bridgehead atoms. The lowest BCUT2D eigenvalue weighted by Gasteiger charge is -2.14. The van der Waals surface area contributed by atoms with Crippen LogP contribution in [0.3, 0.4) is 0 Å². The van der Waals surface area contributed by atoms with E-state index in [4.69, 9.17) is 5.73 Å². The summed E-state index contributed by atoms with van der Waals surface area (Å²) in [5.74, 6) is -0.162. The molecule has 1 rings (SSSR count). The monoisotopic (exact) mass is 282 g/mol. The lowest BCUT2D eigenvalue weighted by molar-refractivity contribution is -0.119. The van der Waals surface area contributed by atoms with Crippen molar-refractivity contribution in [1.82, 2.24) is 5.32 Å². The number of carbonyl (C=O) groups excluding carboxylic acids is 1. The minimum absolute atomic E-state index is 0.00125. The van der Waals surface area contributed by atoms with Crippen LogP contribution < -0.4 is 11.1 Å². The third-order valence-corrected chi connectivity index (χ3v) is 4.53. The molecule has 0 aliphatic carbocycles. The maximum absolute atomic E-state index is 12.2. The maximum atomic E-state index is 12.2. The highest BCUT2D eigenvalue weighted by molar-refractivity contribution is 7.85. The summed E-state index contributed by atoms with van der Waals surface area (Å²) in [7, 11) is -1.32. The van der Waals surface area contributed by atoms with Gasteiger partial charge in [0.15, 0.2) is 0 Å². The van der Waals surface area contributed by atoms with Gasteiger partial charge in [-0.3, -0.25) is 9.00 Å². The number of hydrogen-bond donors (Lipinski definition) is 2. The topological polar surface area (TPSA) is 72.2 Å². The molecule has 5 heteroatoms. The second kappa shape index (κ2) is 7.28. The molecule has 0 spiro atoms. The van der Waals surface area contributed by atoms with Crippen LogP contribution in [0, 0.1) is 6.92 Å². The number of amides is 1. The number of nitrogens with two attached hydrogens (primary N) is 1. The first-order valence-electron chi connectivity index (χ1n) is 6.51. The summed E-state index contributed by atoms with van der Waals surface area (Å²) >= 11 is 0. The number of anilines is 1. The van der Waals surface area contributed by atoms with Crippen molar-refractivity contribution < 1.29 is 9.00 Å². The van der Waals surface area contributed by atoms with E-state index in [1.807, 2.05) is 20.8 Å². The van der Waals surface area contributed by atoms with E-state index in [9.17, 15) is 9.00 Å². The van der Waals surface area contributed by atoms with Gasteiger partial charge in [0, 0.05) is 16.6 Å². The van der Waals surface area contributed by atoms with E-state index in [1.54, 1.807) is 18.2 Å². The first kappa shape index (κ1) is 15.7. The SMILES string of the molecule is CCC(CC)NC(=O)CS(=O)c1ccc(N)cc1C. The number of carbonyl (C=O) groups is 1. The molecule has 0 saturated heterocycles. The fourth-order valence-electron chi connectivity index (χ4n) is 1.89. The Morgan fingerprint density at radius 2 is 2.00 bits per heavy atom. The minimum Gasteiger partial charge on any atom is -0.399 e. The summed E-state index contributed by atoms with van der Waals surface area (Å²) in [5, 5.41) is 2.89. The van der Waals surface area contributed by atoms with E-state index in [1.165, 1.54) is 0 Å². The van der Waals surface area contributed by atoms with E-state index in [0.717, 1.165) is 18.4 Å². The Labute approximate surface area is 117 Å². The zero-order valence-electron chi connectivity index (χ0n) is 11.7. The van der Waals surface area contributed by atoms with E-state index < -0.39 is 10.8 Å². The first-order chi connectivity index (χ1) is 8.97. The van der Waals surface area contributed by atoms with Crippen molar-refractivity contribution in [2.24, 2.45) is 0 Å². The smallest absolute Gasteiger partial charge is 0.233 e. The number of hydrogen-bond acceptors (Lipinski definition) is 3. The Morgan fingerprint density at radius 1 is 1.37 bits per heavy atom. The second-order valence-electron chi connectivity index (χ2n) is 4.60. The molecule has 3 N–H and O–H groups in total. The first-order valence-corrected chi connectivity index (χ1v) is 7.83. The van der Waals surface area contributed by atoms with Gasteiger partial charge in [-0.15, -0.1) is 0 Å². The number of benzene rings is 1. The molecule has 0 aromatic heterocycles. The molecule has 1 aromatic carbocycles. The normalized spacial score (nSPS) is 12.4. The lowest BCUT2D eigenvalue weighted by Crippen LogP contribution is -2.36. The minimum atomic E-state index is -1.32. The Balaban J connectivity index is 2.66. The second-order valence-corrected chi connectivity index (χ2v) is 6.02. The molecular formula is C14H22N2O2S. The molecule has 1 amide bonds. The maximum Gasteiger partial charge on any atom is 0.233 e. The standard InChI is InChI=1S/C14H22N2O2S/c1-4-12(5-2)16-14(17)9-19(18)13-7-6-11(15)8-10(13)3/h6-8,12H,4-5,9,15H2,1-3H3,(H,16,17). The van der Waals surface area contributed by atoms with Gasteiger partial charge in [-0.25, -0.2) is 0 Å². The Morgan fingerprint density at radius 3 is 2.53 bits per heavy atom.